The van der Waals surface area contributed by atoms with Gasteiger partial charge in [-0.3, -0.25) is 9.80 Å². The Morgan fingerprint density at radius 2 is 1.65 bits per heavy atom. The van der Waals surface area contributed by atoms with Crippen LogP contribution in [0.15, 0.2) is 78.9 Å². The minimum atomic E-state index is -4.69. The van der Waals surface area contributed by atoms with E-state index in [9.17, 15) is 13.2 Å². The number of benzene rings is 3. The molecule has 2 atom stereocenters. The second-order valence-electron chi connectivity index (χ2n) is 11.1. The van der Waals surface area contributed by atoms with Gasteiger partial charge in [0.25, 0.3) is 5.82 Å². The molecule has 43 heavy (non-hydrogen) atoms. The summed E-state index contributed by atoms with van der Waals surface area (Å²) in [5, 5.41) is 10.2. The zero-order valence-electron chi connectivity index (χ0n) is 24.0. The molecule has 2 aliphatic heterocycles. The van der Waals surface area contributed by atoms with E-state index in [4.69, 9.17) is 9.47 Å². The maximum absolute atomic E-state index is 13.6. The standard InChI is InChI=1S/C32H35F3N6O2/c1-42-17-18-43-29-15-14-26(41-31(32(33,34)35)36-37-38-41)19-25(29)20-39-21-27-13-8-16-40(27)28(22-39)30(23-9-4-2-5-10-23)24-11-6-3-7-12-24/h2-7,9-12,14-15,19,27-28,30H,8,13,16-18,20-22H2,1H3/t27-,28-/m0/s1. The summed E-state index contributed by atoms with van der Waals surface area (Å²) in [5.74, 6) is -0.389. The average molecular weight is 593 g/mol. The molecular formula is C32H35F3N6O2. The van der Waals surface area contributed by atoms with Crippen LogP contribution in [0.25, 0.3) is 5.69 Å². The molecule has 0 amide bonds. The molecule has 0 saturated carbocycles. The minimum absolute atomic E-state index is 0.171. The third kappa shape index (κ3) is 6.43. The van der Waals surface area contributed by atoms with Gasteiger partial charge in [0.15, 0.2) is 0 Å². The molecule has 0 aliphatic carbocycles. The molecule has 0 unspecified atom stereocenters. The van der Waals surface area contributed by atoms with E-state index >= 15 is 0 Å². The molecule has 2 saturated heterocycles. The van der Waals surface area contributed by atoms with Crippen LogP contribution in [0, 0.1) is 0 Å². The van der Waals surface area contributed by atoms with E-state index in [0.717, 1.165) is 42.7 Å². The van der Waals surface area contributed by atoms with Gasteiger partial charge in [-0.05, 0) is 59.1 Å². The summed E-state index contributed by atoms with van der Waals surface area (Å²) in [7, 11) is 1.60. The monoisotopic (exact) mass is 592 g/mol. The van der Waals surface area contributed by atoms with Crippen LogP contribution >= 0.6 is 0 Å². The van der Waals surface area contributed by atoms with Crippen LogP contribution in [0.5, 0.6) is 5.75 Å². The number of fused-ring (bicyclic) bond motifs is 1. The molecule has 2 aliphatic rings. The first kappa shape index (κ1) is 29.3. The molecule has 3 heterocycles. The molecule has 2 fully saturated rings. The van der Waals surface area contributed by atoms with E-state index in [1.165, 1.54) is 11.1 Å². The van der Waals surface area contributed by atoms with Crippen LogP contribution in [0.4, 0.5) is 13.2 Å². The summed E-state index contributed by atoms with van der Waals surface area (Å²) in [6.07, 6.45) is -2.43. The highest BCUT2D eigenvalue weighted by Crippen LogP contribution is 2.38. The van der Waals surface area contributed by atoms with Gasteiger partial charge >= 0.3 is 6.18 Å². The number of alkyl halides is 3. The predicted molar refractivity (Wildman–Crippen MR) is 155 cm³/mol. The average Bonchev–Trinajstić information content (AvgIpc) is 3.70. The van der Waals surface area contributed by atoms with Crippen LogP contribution < -0.4 is 4.74 Å². The van der Waals surface area contributed by atoms with Crippen LogP contribution in [-0.4, -0.2) is 82.0 Å². The van der Waals surface area contributed by atoms with Crippen LogP contribution in [-0.2, 0) is 17.5 Å². The number of aromatic nitrogens is 4. The van der Waals surface area contributed by atoms with Gasteiger partial charge in [0.1, 0.15) is 12.4 Å². The second-order valence-corrected chi connectivity index (χ2v) is 11.1. The first-order chi connectivity index (χ1) is 20.9. The van der Waals surface area contributed by atoms with E-state index in [0.29, 0.717) is 31.5 Å². The van der Waals surface area contributed by atoms with E-state index in [1.54, 1.807) is 25.3 Å². The summed E-state index contributed by atoms with van der Waals surface area (Å²) in [5.41, 5.74) is 3.55. The molecule has 4 aromatic rings. The first-order valence-corrected chi connectivity index (χ1v) is 14.6. The fourth-order valence-corrected chi connectivity index (χ4v) is 6.59. The van der Waals surface area contributed by atoms with Gasteiger partial charge < -0.3 is 9.47 Å². The smallest absolute Gasteiger partial charge is 0.453 e. The number of halogens is 3. The molecule has 6 rings (SSSR count). The highest BCUT2D eigenvalue weighted by Gasteiger charge is 2.42. The van der Waals surface area contributed by atoms with Gasteiger partial charge in [0.2, 0.25) is 0 Å². The third-order valence-electron chi connectivity index (χ3n) is 8.42. The molecule has 226 valence electrons. The van der Waals surface area contributed by atoms with Crippen molar-refractivity contribution in [2.45, 2.75) is 43.6 Å². The Hall–Kier alpha value is -3.80. The predicted octanol–water partition coefficient (Wildman–Crippen LogP) is 5.19. The zero-order chi connectivity index (χ0) is 29.8. The van der Waals surface area contributed by atoms with Crippen molar-refractivity contribution in [1.82, 2.24) is 30.0 Å². The van der Waals surface area contributed by atoms with Crippen molar-refractivity contribution < 1.29 is 22.6 Å². The summed E-state index contributed by atoms with van der Waals surface area (Å²) < 4.78 is 52.8. The van der Waals surface area contributed by atoms with Gasteiger partial charge in [0.05, 0.1) is 12.3 Å². The fraction of sp³-hybridized carbons (Fsp3) is 0.406. The Balaban J connectivity index is 1.34. The molecule has 1 aromatic heterocycles. The van der Waals surface area contributed by atoms with Gasteiger partial charge in [-0.1, -0.05) is 60.7 Å². The van der Waals surface area contributed by atoms with Crippen LogP contribution in [0.1, 0.15) is 41.3 Å². The Morgan fingerprint density at radius 3 is 2.33 bits per heavy atom. The molecule has 0 spiro atoms. The molecule has 11 heteroatoms. The normalized spacial score (nSPS) is 19.6. The highest BCUT2D eigenvalue weighted by molar-refractivity contribution is 5.44. The molecule has 8 nitrogen and oxygen atoms in total. The lowest BCUT2D eigenvalue weighted by molar-refractivity contribution is -0.146. The van der Waals surface area contributed by atoms with Crippen LogP contribution in [0.3, 0.4) is 0 Å². The summed E-state index contributed by atoms with van der Waals surface area (Å²) in [6.45, 7) is 3.95. The molecular weight excluding hydrogens is 557 g/mol. The van der Waals surface area contributed by atoms with Gasteiger partial charge in [-0.25, -0.2) is 0 Å². The summed E-state index contributed by atoms with van der Waals surface area (Å²) in [4.78, 5) is 5.09. The number of ether oxygens (including phenoxy) is 2. The van der Waals surface area contributed by atoms with Crippen molar-refractivity contribution in [2.75, 3.05) is 40.0 Å². The maximum atomic E-state index is 13.6. The van der Waals surface area contributed by atoms with Crippen molar-refractivity contribution in [3.8, 4) is 11.4 Å². The lowest BCUT2D eigenvalue weighted by Crippen LogP contribution is -2.57. The number of nitrogens with zero attached hydrogens (tertiary/aromatic N) is 6. The number of rotatable bonds is 10. The first-order valence-electron chi connectivity index (χ1n) is 14.6. The van der Waals surface area contributed by atoms with Crippen molar-refractivity contribution in [3.63, 3.8) is 0 Å². The highest BCUT2D eigenvalue weighted by atomic mass is 19.4. The van der Waals surface area contributed by atoms with Crippen molar-refractivity contribution in [3.05, 3.63) is 101 Å². The van der Waals surface area contributed by atoms with Crippen molar-refractivity contribution in [2.24, 2.45) is 0 Å². The van der Waals surface area contributed by atoms with Gasteiger partial charge in [0, 0.05) is 50.3 Å². The van der Waals surface area contributed by atoms with Crippen LogP contribution in [0.2, 0.25) is 0 Å². The van der Waals surface area contributed by atoms with E-state index in [1.807, 2.05) is 12.1 Å². The second kappa shape index (κ2) is 12.8. The van der Waals surface area contributed by atoms with Gasteiger partial charge in [-0.15, -0.1) is 5.10 Å². The number of hydrogen-bond donors (Lipinski definition) is 0. The lowest BCUT2D eigenvalue weighted by Gasteiger charge is -2.47. The summed E-state index contributed by atoms with van der Waals surface area (Å²) in [6, 6.07) is 26.9. The van der Waals surface area contributed by atoms with Crippen molar-refractivity contribution in [1.29, 1.82) is 0 Å². The van der Waals surface area contributed by atoms with E-state index < -0.39 is 12.0 Å². The fourth-order valence-electron chi connectivity index (χ4n) is 6.59. The Labute approximate surface area is 249 Å². The Morgan fingerprint density at radius 1 is 0.930 bits per heavy atom. The number of piperazine rings is 1. The quantitative estimate of drug-likeness (QED) is 0.235. The van der Waals surface area contributed by atoms with Gasteiger partial charge in [-0.2, -0.15) is 17.9 Å². The largest absolute Gasteiger partial charge is 0.491 e. The van der Waals surface area contributed by atoms with E-state index in [2.05, 4.69) is 73.9 Å². The molecule has 0 radical (unpaired) electrons. The maximum Gasteiger partial charge on any atom is 0.453 e. The zero-order valence-corrected chi connectivity index (χ0v) is 24.0. The lowest BCUT2D eigenvalue weighted by atomic mass is 9.82. The molecule has 0 bridgehead atoms. The SMILES string of the molecule is COCCOc1ccc(-n2nnnc2C(F)(F)F)cc1CN1C[C@@H]2CCCN2[C@H](C(c2ccccc2)c2ccccc2)C1. The Kier molecular flexibility index (Phi) is 8.73. The number of tetrazole rings is 1. The molecule has 0 N–H and O–H groups in total. The summed E-state index contributed by atoms with van der Waals surface area (Å²) >= 11 is 0. The topological polar surface area (TPSA) is 68.5 Å². The third-order valence-corrected chi connectivity index (χ3v) is 8.42. The van der Waals surface area contributed by atoms with Crippen molar-refractivity contribution >= 4 is 0 Å². The molecule has 3 aromatic carbocycles. The Bertz CT molecular complexity index is 1440. The van der Waals surface area contributed by atoms with E-state index in [-0.39, 0.29) is 17.6 Å². The minimum Gasteiger partial charge on any atom is -0.491 e. The number of methoxy groups -OCH3 is 1. The number of hydrogen-bond acceptors (Lipinski definition) is 7.